The highest BCUT2D eigenvalue weighted by Gasteiger charge is 2.17. The first kappa shape index (κ1) is 22.4. The van der Waals surface area contributed by atoms with Gasteiger partial charge in [0, 0.05) is 36.9 Å². The number of nitrogens with zero attached hydrogens (tertiary/aromatic N) is 3. The highest BCUT2D eigenvalue weighted by atomic mass is 19.1. The number of aromatic nitrogens is 3. The van der Waals surface area contributed by atoms with E-state index in [4.69, 9.17) is 5.73 Å². The lowest BCUT2D eigenvalue weighted by Crippen LogP contribution is -2.32. The van der Waals surface area contributed by atoms with Crippen LogP contribution in [0.5, 0.6) is 0 Å². The summed E-state index contributed by atoms with van der Waals surface area (Å²) >= 11 is 0. The molecule has 2 heterocycles. The summed E-state index contributed by atoms with van der Waals surface area (Å²) in [6.07, 6.45) is 2.63. The van der Waals surface area contributed by atoms with Crippen LogP contribution in [0.1, 0.15) is 39.3 Å². The molecule has 1 aromatic carbocycles. The minimum absolute atomic E-state index is 0.0854. The van der Waals surface area contributed by atoms with Crippen LogP contribution in [0.4, 0.5) is 4.39 Å². The van der Waals surface area contributed by atoms with Crippen LogP contribution in [-0.2, 0) is 17.6 Å². The van der Waals surface area contributed by atoms with E-state index in [9.17, 15) is 19.1 Å². The Kier molecular flexibility index (Phi) is 6.96. The molecule has 0 fully saturated rings. The van der Waals surface area contributed by atoms with Gasteiger partial charge in [-0.25, -0.2) is 13.9 Å². The number of nitrogens with one attached hydrogen (secondary N) is 1. The maximum absolute atomic E-state index is 13.0. The quantitative estimate of drug-likeness (QED) is 0.477. The molecule has 0 saturated carbocycles. The molecule has 0 aliphatic carbocycles. The Morgan fingerprint density at radius 1 is 1.26 bits per heavy atom. The molecular weight excluding hydrogens is 401 g/mol. The van der Waals surface area contributed by atoms with Crippen molar-refractivity contribution in [2.45, 2.75) is 33.1 Å². The highest BCUT2D eigenvalue weighted by Crippen LogP contribution is 2.18. The molecule has 3 aromatic rings. The summed E-state index contributed by atoms with van der Waals surface area (Å²) in [4.78, 5) is 28.3. The van der Waals surface area contributed by atoms with Crippen LogP contribution in [0.15, 0.2) is 30.5 Å². The highest BCUT2D eigenvalue weighted by molar-refractivity contribution is 5.98. The van der Waals surface area contributed by atoms with Gasteiger partial charge in [0.15, 0.2) is 5.65 Å². The van der Waals surface area contributed by atoms with Crippen molar-refractivity contribution < 1.29 is 19.1 Å². The van der Waals surface area contributed by atoms with E-state index in [1.807, 2.05) is 13.8 Å². The number of primary amides is 1. The van der Waals surface area contributed by atoms with Crippen LogP contribution in [0.3, 0.4) is 0 Å². The van der Waals surface area contributed by atoms with Gasteiger partial charge in [-0.05, 0) is 49.9 Å². The second-order valence-electron chi connectivity index (χ2n) is 7.60. The van der Waals surface area contributed by atoms with Crippen molar-refractivity contribution in [2.75, 3.05) is 13.2 Å². The Labute approximate surface area is 179 Å². The molecule has 3 rings (SSSR count). The van der Waals surface area contributed by atoms with E-state index in [1.165, 1.54) is 18.3 Å². The predicted molar refractivity (Wildman–Crippen MR) is 113 cm³/mol. The molecule has 1 unspecified atom stereocenters. The molecule has 0 saturated heterocycles. The van der Waals surface area contributed by atoms with Gasteiger partial charge in [-0.15, -0.1) is 0 Å². The summed E-state index contributed by atoms with van der Waals surface area (Å²) in [7, 11) is 0. The predicted octanol–water partition coefficient (Wildman–Crippen LogP) is 1.48. The van der Waals surface area contributed by atoms with Gasteiger partial charge < -0.3 is 16.2 Å². The van der Waals surface area contributed by atoms with E-state index < -0.39 is 5.91 Å². The molecule has 1 atom stereocenters. The molecule has 8 nitrogen and oxygen atoms in total. The largest absolute Gasteiger partial charge is 0.396 e. The fourth-order valence-electron chi connectivity index (χ4n) is 3.59. The third-order valence-corrected chi connectivity index (χ3v) is 5.36. The van der Waals surface area contributed by atoms with Crippen LogP contribution in [0.2, 0.25) is 0 Å². The number of hydrogen-bond donors (Lipinski definition) is 3. The number of fused-ring (bicyclic) bond motifs is 1. The zero-order chi connectivity index (χ0) is 22.5. The molecule has 0 aliphatic heterocycles. The molecule has 0 aliphatic rings. The molecule has 2 aromatic heterocycles. The minimum atomic E-state index is -0.590. The normalized spacial score (nSPS) is 12.1. The second-order valence-corrected chi connectivity index (χ2v) is 7.60. The lowest BCUT2D eigenvalue weighted by molar-refractivity contribution is -0.121. The number of nitrogens with two attached hydrogens (primary N) is 1. The monoisotopic (exact) mass is 427 g/mol. The number of aryl methyl sites for hydroxylation is 2. The minimum Gasteiger partial charge on any atom is -0.396 e. The summed E-state index contributed by atoms with van der Waals surface area (Å²) in [5.41, 5.74) is 9.32. The maximum atomic E-state index is 13.0. The Balaban J connectivity index is 1.59. The first-order chi connectivity index (χ1) is 14.8. The number of halogens is 1. The average Bonchev–Trinajstić information content (AvgIpc) is 3.16. The van der Waals surface area contributed by atoms with Crippen LogP contribution < -0.4 is 11.1 Å². The Morgan fingerprint density at radius 2 is 1.97 bits per heavy atom. The van der Waals surface area contributed by atoms with Gasteiger partial charge in [0.05, 0.1) is 6.20 Å². The zero-order valence-electron chi connectivity index (χ0n) is 17.6. The lowest BCUT2D eigenvalue weighted by atomic mass is 10.00. The van der Waals surface area contributed by atoms with Crippen molar-refractivity contribution >= 4 is 17.5 Å². The molecule has 164 valence electrons. The molecule has 0 spiro atoms. The summed E-state index contributed by atoms with van der Waals surface area (Å²) in [5.74, 6) is -1.20. The molecule has 4 N–H and O–H groups in total. The fourth-order valence-corrected chi connectivity index (χ4v) is 3.59. The number of hydrogen-bond acceptors (Lipinski definition) is 5. The molecule has 31 heavy (non-hydrogen) atoms. The van der Waals surface area contributed by atoms with Gasteiger partial charge >= 0.3 is 0 Å². The molecular formula is C22H26FN5O3. The fraction of sp³-hybridized carbons (Fsp3) is 0.364. The van der Waals surface area contributed by atoms with Crippen LogP contribution >= 0.6 is 0 Å². The van der Waals surface area contributed by atoms with E-state index in [1.54, 1.807) is 16.6 Å². The van der Waals surface area contributed by atoms with Crippen molar-refractivity contribution in [3.63, 3.8) is 0 Å². The summed E-state index contributed by atoms with van der Waals surface area (Å²) in [6, 6.07) is 6.11. The second kappa shape index (κ2) is 9.65. The van der Waals surface area contributed by atoms with Gasteiger partial charge in [0.25, 0.3) is 5.91 Å². The topological polar surface area (TPSA) is 123 Å². The van der Waals surface area contributed by atoms with Gasteiger partial charge in [0.2, 0.25) is 5.91 Å². The van der Waals surface area contributed by atoms with Gasteiger partial charge in [-0.1, -0.05) is 12.1 Å². The van der Waals surface area contributed by atoms with Crippen molar-refractivity contribution in [1.29, 1.82) is 0 Å². The van der Waals surface area contributed by atoms with Crippen LogP contribution in [-0.4, -0.2) is 44.7 Å². The Morgan fingerprint density at radius 3 is 2.61 bits per heavy atom. The van der Waals surface area contributed by atoms with E-state index in [0.717, 1.165) is 16.8 Å². The van der Waals surface area contributed by atoms with Crippen molar-refractivity contribution in [1.82, 2.24) is 19.9 Å². The number of rotatable bonds is 9. The number of benzene rings is 1. The summed E-state index contributed by atoms with van der Waals surface area (Å²) in [6.45, 7) is 3.92. The zero-order valence-corrected chi connectivity index (χ0v) is 17.6. The lowest BCUT2D eigenvalue weighted by Gasteiger charge is -2.16. The standard InChI is InChI=1S/C22H26FN5O3/c1-13-18(14(2)28-22(27-13)19(11-26-28)21(24)31)7-8-20(30)25-10-16(12-29)9-15-3-5-17(23)6-4-15/h3-6,11,16,29H,7-10,12H2,1-2H3,(H2,24,31)(H,25,30). The van der Waals surface area contributed by atoms with Gasteiger partial charge in [0.1, 0.15) is 11.4 Å². The molecule has 9 heteroatoms. The van der Waals surface area contributed by atoms with E-state index in [2.05, 4.69) is 15.4 Å². The Bertz CT molecular complexity index is 1090. The number of aliphatic hydroxyl groups is 1. The molecule has 0 radical (unpaired) electrons. The van der Waals surface area contributed by atoms with Crippen molar-refractivity contribution in [3.8, 4) is 0 Å². The smallest absolute Gasteiger partial charge is 0.254 e. The summed E-state index contributed by atoms with van der Waals surface area (Å²) in [5, 5.41) is 16.6. The van der Waals surface area contributed by atoms with E-state index in [-0.39, 0.29) is 36.2 Å². The summed E-state index contributed by atoms with van der Waals surface area (Å²) < 4.78 is 14.6. The Hall–Kier alpha value is -3.33. The van der Waals surface area contributed by atoms with Gasteiger partial charge in [-0.3, -0.25) is 9.59 Å². The first-order valence-corrected chi connectivity index (χ1v) is 10.1. The molecule has 2 amide bonds. The third-order valence-electron chi connectivity index (χ3n) is 5.36. The first-order valence-electron chi connectivity index (χ1n) is 10.1. The maximum Gasteiger partial charge on any atom is 0.254 e. The van der Waals surface area contributed by atoms with Crippen molar-refractivity contribution in [3.05, 3.63) is 64.4 Å². The third kappa shape index (κ3) is 5.24. The number of amides is 2. The van der Waals surface area contributed by atoms with Gasteiger partial charge in [-0.2, -0.15) is 5.10 Å². The van der Waals surface area contributed by atoms with Crippen LogP contribution in [0, 0.1) is 25.6 Å². The van der Waals surface area contributed by atoms with Crippen molar-refractivity contribution in [2.24, 2.45) is 11.7 Å². The number of aliphatic hydroxyl groups excluding tert-OH is 1. The number of carbonyl (C=O) groups is 2. The average molecular weight is 427 g/mol. The SMILES string of the molecule is Cc1nc2c(C(N)=O)cnn2c(C)c1CCC(=O)NCC(CO)Cc1ccc(F)cc1. The number of carbonyl (C=O) groups excluding carboxylic acids is 2. The van der Waals surface area contributed by atoms with Crippen LogP contribution in [0.25, 0.3) is 5.65 Å². The van der Waals surface area contributed by atoms with E-state index >= 15 is 0 Å². The van der Waals surface area contributed by atoms with E-state index in [0.29, 0.717) is 30.7 Å². The molecule has 0 bridgehead atoms.